The molecule has 0 bridgehead atoms. The fourth-order valence-electron chi connectivity index (χ4n) is 1.90. The number of rotatable bonds is 6. The van der Waals surface area contributed by atoms with Crippen molar-refractivity contribution in [2.45, 2.75) is 19.9 Å². The minimum atomic E-state index is -0.228. The highest BCUT2D eigenvalue weighted by atomic mass is 16.5. The van der Waals surface area contributed by atoms with Crippen LogP contribution in [-0.4, -0.2) is 33.8 Å². The second kappa shape index (κ2) is 6.67. The van der Waals surface area contributed by atoms with Crippen molar-refractivity contribution in [2.24, 2.45) is 5.10 Å². The molecule has 0 aliphatic rings. The van der Waals surface area contributed by atoms with Crippen molar-refractivity contribution < 1.29 is 14.7 Å². The van der Waals surface area contributed by atoms with Gasteiger partial charge in [0.1, 0.15) is 0 Å². The van der Waals surface area contributed by atoms with Crippen LogP contribution in [0.1, 0.15) is 18.9 Å². The van der Waals surface area contributed by atoms with Crippen LogP contribution in [0.4, 0.5) is 0 Å². The zero-order valence-electron chi connectivity index (χ0n) is 11.1. The van der Waals surface area contributed by atoms with Crippen LogP contribution in [-0.2, 0) is 16.1 Å². The number of hydrogen-bond acceptors (Lipinski definition) is 6. The monoisotopic (exact) mass is 276 g/mol. The van der Waals surface area contributed by atoms with Gasteiger partial charge in [0.2, 0.25) is 0 Å². The molecule has 2 rings (SSSR count). The lowest BCUT2D eigenvalue weighted by Crippen LogP contribution is -2.09. The Hall–Kier alpha value is -2.41. The van der Waals surface area contributed by atoms with Crippen molar-refractivity contribution in [3.05, 3.63) is 30.0 Å². The third-order valence-electron chi connectivity index (χ3n) is 2.77. The van der Waals surface area contributed by atoms with Crippen LogP contribution in [0, 0.1) is 0 Å². The van der Waals surface area contributed by atoms with Crippen molar-refractivity contribution in [2.75, 3.05) is 6.61 Å². The smallest absolute Gasteiger partial charge is 0.307 e. The Kier molecular flexibility index (Phi) is 4.67. The summed E-state index contributed by atoms with van der Waals surface area (Å²) in [5.74, 6) is -0.228. The van der Waals surface area contributed by atoms with E-state index in [1.807, 2.05) is 18.2 Å². The van der Waals surface area contributed by atoms with Gasteiger partial charge in [-0.15, -0.1) is 0 Å². The maximum Gasteiger partial charge on any atom is 0.307 e. The Balaban J connectivity index is 2.12. The topological polar surface area (TPSA) is 88.7 Å². The summed E-state index contributed by atoms with van der Waals surface area (Å²) in [6, 6.07) is 5.64. The number of aryl methyl sites for hydroxylation is 1. The Labute approximate surface area is 115 Å². The van der Waals surface area contributed by atoms with E-state index in [-0.39, 0.29) is 5.97 Å². The number of fused-ring (bicyclic) bond motifs is 1. The van der Waals surface area contributed by atoms with Crippen molar-refractivity contribution in [1.29, 1.82) is 0 Å². The lowest BCUT2D eigenvalue weighted by Gasteiger charge is -2.04. The summed E-state index contributed by atoms with van der Waals surface area (Å²) in [7, 11) is 0. The van der Waals surface area contributed by atoms with Gasteiger partial charge >= 0.3 is 5.97 Å². The van der Waals surface area contributed by atoms with Crippen LogP contribution in [0.5, 0.6) is 0 Å². The van der Waals surface area contributed by atoms with Crippen LogP contribution in [0.15, 0.2) is 29.5 Å². The predicted molar refractivity (Wildman–Crippen MR) is 73.5 cm³/mol. The van der Waals surface area contributed by atoms with Crippen molar-refractivity contribution in [3.63, 3.8) is 0 Å². The molecule has 0 aliphatic heterocycles. The van der Waals surface area contributed by atoms with Gasteiger partial charge in [-0.2, -0.15) is 15.8 Å². The van der Waals surface area contributed by atoms with E-state index in [4.69, 9.17) is 9.94 Å². The molecule has 0 atom stereocenters. The van der Waals surface area contributed by atoms with Crippen LogP contribution in [0.3, 0.4) is 0 Å². The summed E-state index contributed by atoms with van der Waals surface area (Å²) < 4.78 is 6.65. The molecule has 0 fully saturated rings. The molecule has 0 saturated heterocycles. The Morgan fingerprint density at radius 3 is 3.20 bits per heavy atom. The number of aromatic nitrogens is 2. The molecule has 1 aromatic heterocycles. The Morgan fingerprint density at radius 2 is 2.45 bits per heavy atom. The van der Waals surface area contributed by atoms with Gasteiger partial charge in [-0.1, -0.05) is 6.07 Å². The largest absolute Gasteiger partial charge is 0.466 e. The average Bonchev–Trinajstić information content (AvgIpc) is 2.85. The lowest BCUT2D eigenvalue weighted by atomic mass is 10.2. The molecule has 0 unspecified atom stereocenters. The summed E-state index contributed by atoms with van der Waals surface area (Å²) in [5, 5.41) is 17.1. The van der Waals surface area contributed by atoms with Gasteiger partial charge in [0.05, 0.1) is 37.5 Å². The molecule has 0 saturated carbocycles. The maximum atomic E-state index is 11.3. The number of carbonyl (C=O) groups is 1. The summed E-state index contributed by atoms with van der Waals surface area (Å²) in [4.78, 5) is 11.3. The van der Waals surface area contributed by atoms with Crippen LogP contribution < -0.4 is 5.59 Å². The highest BCUT2D eigenvalue weighted by molar-refractivity contribution is 5.88. The van der Waals surface area contributed by atoms with E-state index < -0.39 is 0 Å². The molecule has 0 amide bonds. The van der Waals surface area contributed by atoms with Crippen molar-refractivity contribution >= 4 is 23.1 Å². The molecule has 0 spiro atoms. The third-order valence-corrected chi connectivity index (χ3v) is 2.77. The first kappa shape index (κ1) is 14.0. The van der Waals surface area contributed by atoms with E-state index in [0.29, 0.717) is 19.6 Å². The second-order valence-electron chi connectivity index (χ2n) is 4.10. The van der Waals surface area contributed by atoms with E-state index in [2.05, 4.69) is 10.2 Å². The van der Waals surface area contributed by atoms with Crippen molar-refractivity contribution in [3.8, 4) is 0 Å². The zero-order valence-corrected chi connectivity index (χ0v) is 11.1. The maximum absolute atomic E-state index is 11.3. The summed E-state index contributed by atoms with van der Waals surface area (Å²) >= 11 is 0. The van der Waals surface area contributed by atoms with Gasteiger partial charge in [-0.25, -0.2) is 0 Å². The second-order valence-corrected chi connectivity index (χ2v) is 4.10. The summed E-state index contributed by atoms with van der Waals surface area (Å²) in [6.45, 7) is 2.65. The minimum Gasteiger partial charge on any atom is -0.466 e. The van der Waals surface area contributed by atoms with Crippen LogP contribution >= 0.6 is 0 Å². The van der Waals surface area contributed by atoms with E-state index in [9.17, 15) is 4.79 Å². The third kappa shape index (κ3) is 3.33. The first-order valence-electron chi connectivity index (χ1n) is 6.28. The lowest BCUT2D eigenvalue weighted by molar-refractivity contribution is -0.143. The number of hydrazone groups is 1. The SMILES string of the molecule is CCOC(=O)CCn1ncc2cc(C=NNO)ccc21. The number of benzene rings is 1. The molecular weight excluding hydrogens is 260 g/mol. The quantitative estimate of drug-likeness (QED) is 0.471. The molecule has 1 heterocycles. The fourth-order valence-corrected chi connectivity index (χ4v) is 1.90. The zero-order chi connectivity index (χ0) is 14.4. The molecule has 20 heavy (non-hydrogen) atoms. The molecule has 7 heteroatoms. The number of hydrogen-bond donors (Lipinski definition) is 2. The molecule has 2 N–H and O–H groups in total. The number of nitrogens with zero attached hydrogens (tertiary/aromatic N) is 3. The van der Waals surface area contributed by atoms with Gasteiger partial charge in [-0.05, 0) is 24.6 Å². The number of esters is 1. The number of nitrogens with one attached hydrogen (secondary N) is 1. The normalized spacial score (nSPS) is 11.1. The molecule has 0 radical (unpaired) electrons. The highest BCUT2D eigenvalue weighted by Gasteiger charge is 2.06. The molecule has 2 aromatic rings. The predicted octanol–water partition coefficient (Wildman–Crippen LogP) is 1.30. The molecular formula is C13H16N4O3. The van der Waals surface area contributed by atoms with E-state index in [1.54, 1.807) is 23.4 Å². The van der Waals surface area contributed by atoms with Crippen LogP contribution in [0.2, 0.25) is 0 Å². The standard InChI is InChI=1S/C13H16N4O3/c1-2-20-13(18)5-6-17-12-4-3-10(8-14-16-19)7-11(12)9-15-17/h3-4,7-9,16,19H,2,5-6H2,1H3. The van der Waals surface area contributed by atoms with Gasteiger partial charge in [0.15, 0.2) is 0 Å². The van der Waals surface area contributed by atoms with Gasteiger partial charge in [0.25, 0.3) is 0 Å². The molecule has 0 aliphatic carbocycles. The first-order chi connectivity index (χ1) is 9.74. The van der Waals surface area contributed by atoms with Crippen LogP contribution in [0.25, 0.3) is 10.9 Å². The average molecular weight is 276 g/mol. The van der Waals surface area contributed by atoms with Gasteiger partial charge in [0, 0.05) is 5.39 Å². The van der Waals surface area contributed by atoms with Crippen molar-refractivity contribution in [1.82, 2.24) is 15.4 Å². The molecule has 7 nitrogen and oxygen atoms in total. The summed E-state index contributed by atoms with van der Waals surface area (Å²) in [6.07, 6.45) is 3.52. The Bertz CT molecular complexity index is 621. The molecule has 1 aromatic carbocycles. The fraction of sp³-hybridized carbons (Fsp3) is 0.308. The molecule has 106 valence electrons. The van der Waals surface area contributed by atoms with Gasteiger partial charge in [-0.3, -0.25) is 14.7 Å². The van der Waals surface area contributed by atoms with E-state index in [1.165, 1.54) is 6.21 Å². The van der Waals surface area contributed by atoms with E-state index in [0.717, 1.165) is 16.5 Å². The number of carbonyl (C=O) groups excluding carboxylic acids is 1. The Morgan fingerprint density at radius 1 is 1.60 bits per heavy atom. The minimum absolute atomic E-state index is 0.228. The number of ether oxygens (including phenoxy) is 1. The highest BCUT2D eigenvalue weighted by Crippen LogP contribution is 2.15. The van der Waals surface area contributed by atoms with E-state index >= 15 is 0 Å². The van der Waals surface area contributed by atoms with Gasteiger partial charge < -0.3 is 4.74 Å². The summed E-state index contributed by atoms with van der Waals surface area (Å²) in [5.41, 5.74) is 3.48. The first-order valence-corrected chi connectivity index (χ1v) is 6.28.